The van der Waals surface area contributed by atoms with Crippen molar-refractivity contribution in [1.29, 1.82) is 0 Å². The molecule has 1 fully saturated rings. The van der Waals surface area contributed by atoms with E-state index < -0.39 is 5.79 Å². The van der Waals surface area contributed by atoms with Gasteiger partial charge in [0.05, 0.1) is 12.9 Å². The van der Waals surface area contributed by atoms with Crippen molar-refractivity contribution in [3.8, 4) is 17.1 Å². The van der Waals surface area contributed by atoms with E-state index in [1.54, 1.807) is 6.26 Å². The van der Waals surface area contributed by atoms with E-state index in [0.29, 0.717) is 32.5 Å². The molecule has 0 aliphatic carbocycles. The molecular weight excluding hydrogens is 318 g/mol. The van der Waals surface area contributed by atoms with Crippen LogP contribution >= 0.6 is 0 Å². The van der Waals surface area contributed by atoms with E-state index >= 15 is 0 Å². The molecule has 0 N–H and O–H groups in total. The second kappa shape index (κ2) is 6.23. The summed E-state index contributed by atoms with van der Waals surface area (Å²) in [4.78, 5) is 14.1. The van der Waals surface area contributed by atoms with Crippen molar-refractivity contribution >= 4 is 5.91 Å². The third kappa shape index (κ3) is 3.04. The van der Waals surface area contributed by atoms with Crippen molar-refractivity contribution in [1.82, 2.24) is 4.90 Å². The van der Waals surface area contributed by atoms with Crippen LogP contribution in [0.15, 0.2) is 41.0 Å². The van der Waals surface area contributed by atoms with Crippen LogP contribution in [0.5, 0.6) is 5.75 Å². The van der Waals surface area contributed by atoms with Crippen molar-refractivity contribution in [2.75, 3.05) is 13.1 Å². The number of hydrogen-bond acceptors (Lipinski definition) is 4. The third-order valence-electron chi connectivity index (χ3n) is 4.98. The fourth-order valence-electron chi connectivity index (χ4n) is 3.51. The highest BCUT2D eigenvalue weighted by Crippen LogP contribution is 2.39. The molecule has 2 aromatic rings. The van der Waals surface area contributed by atoms with Gasteiger partial charge in [0, 0.05) is 43.0 Å². The summed E-state index contributed by atoms with van der Waals surface area (Å²) in [5, 5.41) is 0. The van der Waals surface area contributed by atoms with Crippen LogP contribution in [-0.2, 0) is 16.1 Å². The maximum absolute atomic E-state index is 12.2. The number of hydrogen-bond donors (Lipinski definition) is 0. The first kappa shape index (κ1) is 16.2. The van der Waals surface area contributed by atoms with E-state index in [-0.39, 0.29) is 11.8 Å². The topological polar surface area (TPSA) is 51.9 Å². The maximum atomic E-state index is 12.2. The molecule has 2 aliphatic rings. The summed E-state index contributed by atoms with van der Waals surface area (Å²) < 4.78 is 17.8. The second-order valence-corrected chi connectivity index (χ2v) is 7.08. The number of furan rings is 1. The number of benzene rings is 1. The predicted octanol–water partition coefficient (Wildman–Crippen LogP) is 3.83. The minimum atomic E-state index is -0.604. The molecule has 1 amide bonds. The van der Waals surface area contributed by atoms with Crippen molar-refractivity contribution in [2.24, 2.45) is 5.92 Å². The van der Waals surface area contributed by atoms with Gasteiger partial charge in [-0.05, 0) is 30.3 Å². The number of nitrogens with zero attached hydrogens (tertiary/aromatic N) is 1. The van der Waals surface area contributed by atoms with Gasteiger partial charge in [-0.15, -0.1) is 0 Å². The zero-order chi connectivity index (χ0) is 17.4. The average Bonchev–Trinajstić information content (AvgIpc) is 3.16. The molecule has 1 aromatic heterocycles. The molecule has 0 unspecified atom stereocenters. The quantitative estimate of drug-likeness (QED) is 0.833. The fraction of sp³-hybridized carbons (Fsp3) is 0.450. The zero-order valence-electron chi connectivity index (χ0n) is 14.7. The Hall–Kier alpha value is -2.27. The molecule has 0 radical (unpaired) electrons. The lowest BCUT2D eigenvalue weighted by Crippen LogP contribution is -2.53. The van der Waals surface area contributed by atoms with Gasteiger partial charge in [0.2, 0.25) is 11.7 Å². The maximum Gasteiger partial charge on any atom is 0.225 e. The molecule has 1 spiro atoms. The Morgan fingerprint density at radius 2 is 2.00 bits per heavy atom. The lowest BCUT2D eigenvalue weighted by molar-refractivity contribution is -0.228. The van der Waals surface area contributed by atoms with E-state index in [2.05, 4.69) is 6.07 Å². The molecule has 0 atom stereocenters. The zero-order valence-corrected chi connectivity index (χ0v) is 14.7. The Labute approximate surface area is 147 Å². The fourth-order valence-corrected chi connectivity index (χ4v) is 3.51. The summed E-state index contributed by atoms with van der Waals surface area (Å²) >= 11 is 0. The number of carbonyl (C=O) groups excluding carboxylic acids is 1. The molecule has 1 saturated heterocycles. The Morgan fingerprint density at radius 1 is 1.20 bits per heavy atom. The Bertz CT molecular complexity index is 758. The summed E-state index contributed by atoms with van der Waals surface area (Å²) in [5.41, 5.74) is 2.05. The second-order valence-electron chi connectivity index (χ2n) is 7.08. The van der Waals surface area contributed by atoms with Crippen LogP contribution in [-0.4, -0.2) is 29.7 Å². The predicted molar refractivity (Wildman–Crippen MR) is 92.9 cm³/mol. The van der Waals surface area contributed by atoms with Crippen LogP contribution in [0.4, 0.5) is 0 Å². The largest absolute Gasteiger partial charge is 0.464 e. The molecule has 1 aromatic carbocycles. The number of amides is 1. The average molecular weight is 341 g/mol. The Morgan fingerprint density at radius 3 is 2.68 bits per heavy atom. The summed E-state index contributed by atoms with van der Waals surface area (Å²) in [6.45, 7) is 5.75. The van der Waals surface area contributed by atoms with Gasteiger partial charge in [-0.25, -0.2) is 0 Å². The van der Waals surface area contributed by atoms with E-state index in [1.165, 1.54) is 0 Å². The summed E-state index contributed by atoms with van der Waals surface area (Å²) in [6, 6.07) is 9.87. The van der Waals surface area contributed by atoms with Crippen LogP contribution in [0, 0.1) is 5.92 Å². The van der Waals surface area contributed by atoms with Crippen molar-refractivity contribution < 1.29 is 18.7 Å². The molecule has 132 valence electrons. The highest BCUT2D eigenvalue weighted by molar-refractivity contribution is 5.78. The molecule has 25 heavy (non-hydrogen) atoms. The minimum Gasteiger partial charge on any atom is -0.464 e. The minimum absolute atomic E-state index is 0.0305. The van der Waals surface area contributed by atoms with E-state index in [9.17, 15) is 4.79 Å². The van der Waals surface area contributed by atoms with Gasteiger partial charge in [0.1, 0.15) is 11.5 Å². The van der Waals surface area contributed by atoms with Gasteiger partial charge in [-0.2, -0.15) is 0 Å². The number of piperidine rings is 1. The summed E-state index contributed by atoms with van der Waals surface area (Å²) in [7, 11) is 0. The molecule has 0 bridgehead atoms. The number of likely N-dealkylation sites (tertiary alicyclic amines) is 1. The monoisotopic (exact) mass is 341 g/mol. The van der Waals surface area contributed by atoms with Crippen LogP contribution in [0.2, 0.25) is 0 Å². The Balaban J connectivity index is 1.48. The van der Waals surface area contributed by atoms with Crippen molar-refractivity contribution in [2.45, 2.75) is 39.1 Å². The molecule has 4 rings (SSSR count). The molecule has 2 aliphatic heterocycles. The van der Waals surface area contributed by atoms with Gasteiger partial charge >= 0.3 is 0 Å². The number of ether oxygens (including phenoxy) is 2. The molecule has 5 nitrogen and oxygen atoms in total. The van der Waals surface area contributed by atoms with Gasteiger partial charge in [-0.1, -0.05) is 13.8 Å². The normalized spacial score (nSPS) is 18.9. The number of fused-ring (bicyclic) bond motifs is 1. The lowest BCUT2D eigenvalue weighted by atomic mass is 9.99. The highest BCUT2D eigenvalue weighted by Gasteiger charge is 2.42. The molecule has 5 heteroatoms. The lowest BCUT2D eigenvalue weighted by Gasteiger charge is -2.44. The molecule has 0 saturated carbocycles. The SMILES string of the molecule is CC(C)C(=O)N1CCC2(CC1)OCc1cc(-c3ccco3)ccc1O2. The first-order valence-corrected chi connectivity index (χ1v) is 8.85. The summed E-state index contributed by atoms with van der Waals surface area (Å²) in [6.07, 6.45) is 3.07. The van der Waals surface area contributed by atoms with E-state index in [0.717, 1.165) is 22.6 Å². The molecule has 3 heterocycles. The van der Waals surface area contributed by atoms with Crippen LogP contribution < -0.4 is 4.74 Å². The summed E-state index contributed by atoms with van der Waals surface area (Å²) in [5.74, 6) is 1.33. The van der Waals surface area contributed by atoms with Crippen LogP contribution in [0.3, 0.4) is 0 Å². The standard InChI is InChI=1S/C20H23NO4/c1-14(2)19(22)21-9-7-20(8-10-21)24-13-16-12-15(5-6-18(16)25-20)17-4-3-11-23-17/h3-6,11-12,14H,7-10,13H2,1-2H3. The number of carbonyl (C=O) groups is 1. The van der Waals surface area contributed by atoms with Gasteiger partial charge in [0.25, 0.3) is 0 Å². The van der Waals surface area contributed by atoms with Gasteiger partial charge < -0.3 is 18.8 Å². The van der Waals surface area contributed by atoms with Crippen LogP contribution in [0.1, 0.15) is 32.3 Å². The molecular formula is C20H23NO4. The van der Waals surface area contributed by atoms with Gasteiger partial charge in [-0.3, -0.25) is 4.79 Å². The first-order chi connectivity index (χ1) is 12.1. The van der Waals surface area contributed by atoms with Crippen LogP contribution in [0.25, 0.3) is 11.3 Å². The first-order valence-electron chi connectivity index (χ1n) is 8.85. The third-order valence-corrected chi connectivity index (χ3v) is 4.98. The highest BCUT2D eigenvalue weighted by atomic mass is 16.7. The number of rotatable bonds is 2. The smallest absolute Gasteiger partial charge is 0.225 e. The Kier molecular flexibility index (Phi) is 4.04. The van der Waals surface area contributed by atoms with Crippen molar-refractivity contribution in [3.05, 3.63) is 42.2 Å². The van der Waals surface area contributed by atoms with E-state index in [1.807, 2.05) is 43.0 Å². The van der Waals surface area contributed by atoms with E-state index in [4.69, 9.17) is 13.9 Å². The van der Waals surface area contributed by atoms with Crippen molar-refractivity contribution in [3.63, 3.8) is 0 Å². The van der Waals surface area contributed by atoms with Gasteiger partial charge in [0.15, 0.2) is 0 Å².